The first-order chi connectivity index (χ1) is 10.1. The Labute approximate surface area is 128 Å². The van der Waals surface area contributed by atoms with E-state index in [1.165, 1.54) is 5.56 Å². The van der Waals surface area contributed by atoms with Gasteiger partial charge in [-0.15, -0.1) is 13.2 Å². The molecule has 0 fully saturated rings. The quantitative estimate of drug-likeness (QED) is 0.451. The van der Waals surface area contributed by atoms with Gasteiger partial charge in [0.05, 0.1) is 7.11 Å². The number of unbranched alkanes of at least 4 members (excludes halogenated alkanes) is 1. The molecule has 0 aliphatic rings. The van der Waals surface area contributed by atoms with Crippen molar-refractivity contribution >= 4 is 5.78 Å². The lowest BCUT2D eigenvalue weighted by Crippen LogP contribution is -2.14. The number of Topliss-reactive ketones (excluding diaryl/α,β-unsaturated/α-hetero) is 1. The lowest BCUT2D eigenvalue weighted by molar-refractivity contribution is -0.117. The number of rotatable bonds is 10. The van der Waals surface area contributed by atoms with Crippen LogP contribution in [0, 0.1) is 5.92 Å². The molecular weight excluding hydrogens is 260 g/mol. The van der Waals surface area contributed by atoms with Gasteiger partial charge in [-0.1, -0.05) is 24.3 Å². The Morgan fingerprint density at radius 1 is 1.29 bits per heavy atom. The summed E-state index contributed by atoms with van der Waals surface area (Å²) in [4.78, 5) is 11.6. The molecule has 0 amide bonds. The van der Waals surface area contributed by atoms with Crippen LogP contribution in [0.2, 0.25) is 0 Å². The van der Waals surface area contributed by atoms with Crippen LogP contribution < -0.4 is 4.74 Å². The van der Waals surface area contributed by atoms with Crippen molar-refractivity contribution in [2.45, 2.75) is 38.5 Å². The molecule has 0 bridgehead atoms. The van der Waals surface area contributed by atoms with Gasteiger partial charge in [-0.3, -0.25) is 0 Å². The zero-order chi connectivity index (χ0) is 15.7. The molecule has 0 saturated heterocycles. The van der Waals surface area contributed by atoms with E-state index in [4.69, 9.17) is 4.74 Å². The van der Waals surface area contributed by atoms with Gasteiger partial charge < -0.3 is 9.53 Å². The molecule has 0 aliphatic carbocycles. The molecule has 1 rings (SSSR count). The van der Waals surface area contributed by atoms with E-state index in [1.807, 2.05) is 24.3 Å². The van der Waals surface area contributed by atoms with Gasteiger partial charge in [0.2, 0.25) is 0 Å². The molecule has 1 aromatic carbocycles. The second-order valence-electron chi connectivity index (χ2n) is 5.40. The highest BCUT2D eigenvalue weighted by atomic mass is 16.5. The maximum atomic E-state index is 11.6. The van der Waals surface area contributed by atoms with E-state index in [0.29, 0.717) is 12.3 Å². The predicted molar refractivity (Wildman–Crippen MR) is 88.8 cm³/mol. The van der Waals surface area contributed by atoms with Crippen molar-refractivity contribution in [3.05, 3.63) is 55.1 Å². The summed E-state index contributed by atoms with van der Waals surface area (Å²) in [6, 6.07) is 8.01. The number of carbonyl (C=O) groups excluding carboxylic acids is 1. The molecule has 21 heavy (non-hydrogen) atoms. The van der Waals surface area contributed by atoms with Gasteiger partial charge in [-0.05, 0) is 55.7 Å². The van der Waals surface area contributed by atoms with Crippen LogP contribution >= 0.6 is 0 Å². The summed E-state index contributed by atoms with van der Waals surface area (Å²) in [6.07, 6.45) is 7.58. The van der Waals surface area contributed by atoms with Crippen LogP contribution in [0.15, 0.2) is 49.6 Å². The summed E-state index contributed by atoms with van der Waals surface area (Å²) in [5, 5.41) is 0. The van der Waals surface area contributed by atoms with Crippen LogP contribution in [0.5, 0.6) is 5.75 Å². The maximum Gasteiger partial charge on any atom is 0.130 e. The number of hydrogen-bond acceptors (Lipinski definition) is 2. The molecule has 0 radical (unpaired) electrons. The molecule has 0 heterocycles. The van der Waals surface area contributed by atoms with Crippen molar-refractivity contribution in [3.8, 4) is 5.75 Å². The molecule has 1 aromatic rings. The van der Waals surface area contributed by atoms with Crippen molar-refractivity contribution < 1.29 is 9.53 Å². The van der Waals surface area contributed by atoms with Crippen LogP contribution in [0.1, 0.15) is 44.1 Å². The third-order valence-corrected chi connectivity index (χ3v) is 3.82. The monoisotopic (exact) mass is 286 g/mol. The Kier molecular flexibility index (Phi) is 7.52. The normalized spacial score (nSPS) is 13.2. The van der Waals surface area contributed by atoms with Gasteiger partial charge in [0.1, 0.15) is 11.5 Å². The van der Waals surface area contributed by atoms with Crippen molar-refractivity contribution in [2.75, 3.05) is 7.11 Å². The number of ketones is 1. The molecule has 2 nitrogen and oxygen atoms in total. The summed E-state index contributed by atoms with van der Waals surface area (Å²) < 4.78 is 5.20. The molecule has 0 spiro atoms. The van der Waals surface area contributed by atoms with Gasteiger partial charge in [0.15, 0.2) is 0 Å². The first-order valence-corrected chi connectivity index (χ1v) is 7.49. The van der Waals surface area contributed by atoms with E-state index >= 15 is 0 Å². The summed E-state index contributed by atoms with van der Waals surface area (Å²) in [5.74, 6) is 1.55. The van der Waals surface area contributed by atoms with Crippen molar-refractivity contribution in [1.82, 2.24) is 0 Å². The largest absolute Gasteiger partial charge is 0.497 e. The van der Waals surface area contributed by atoms with Crippen LogP contribution in [0.25, 0.3) is 0 Å². The first kappa shape index (κ1) is 17.2. The van der Waals surface area contributed by atoms with E-state index in [2.05, 4.69) is 25.3 Å². The molecule has 0 unspecified atom stereocenters. The molecule has 0 saturated carbocycles. The van der Waals surface area contributed by atoms with E-state index in [9.17, 15) is 4.79 Å². The fraction of sp³-hybridized carbons (Fsp3) is 0.421. The van der Waals surface area contributed by atoms with Crippen LogP contribution in [0.3, 0.4) is 0 Å². The average molecular weight is 286 g/mol. The van der Waals surface area contributed by atoms with Gasteiger partial charge in [0, 0.05) is 6.42 Å². The number of benzene rings is 1. The second kappa shape index (κ2) is 9.17. The third-order valence-electron chi connectivity index (χ3n) is 3.82. The Morgan fingerprint density at radius 3 is 2.43 bits per heavy atom. The second-order valence-corrected chi connectivity index (χ2v) is 5.40. The first-order valence-electron chi connectivity index (χ1n) is 7.49. The number of allylic oxidation sites excluding steroid dienone is 2. The molecule has 0 aliphatic heterocycles. The summed E-state index contributed by atoms with van der Waals surface area (Å²) in [7, 11) is 1.66. The topological polar surface area (TPSA) is 26.3 Å². The van der Waals surface area contributed by atoms with Crippen LogP contribution in [0.4, 0.5) is 0 Å². The summed E-state index contributed by atoms with van der Waals surface area (Å²) in [6.45, 7) is 9.38. The summed E-state index contributed by atoms with van der Waals surface area (Å²) >= 11 is 0. The fourth-order valence-electron chi connectivity index (χ4n) is 2.66. The number of carbonyl (C=O) groups is 1. The minimum absolute atomic E-state index is 0.190. The standard InChI is InChI=1S/C19H26O2/c1-5-7-8-9-16(6-2)19(14-15(3)20)17-10-12-18(21-4)13-11-17/h5-6,10-13,16,19H,1-2,7-9,14H2,3-4H3/t16-,19-/m0/s1. The average Bonchev–Trinajstić information content (AvgIpc) is 2.50. The predicted octanol–water partition coefficient (Wildman–Crippen LogP) is 4.92. The minimum atomic E-state index is 0.190. The van der Waals surface area contributed by atoms with Crippen molar-refractivity contribution in [2.24, 2.45) is 5.92 Å². The van der Waals surface area contributed by atoms with Gasteiger partial charge in [-0.25, -0.2) is 0 Å². The van der Waals surface area contributed by atoms with E-state index < -0.39 is 0 Å². The lowest BCUT2D eigenvalue weighted by Gasteiger charge is -2.24. The molecule has 114 valence electrons. The van der Waals surface area contributed by atoms with Crippen LogP contribution in [-0.4, -0.2) is 12.9 Å². The van der Waals surface area contributed by atoms with Gasteiger partial charge in [-0.2, -0.15) is 0 Å². The number of ether oxygens (including phenoxy) is 1. The Morgan fingerprint density at radius 2 is 1.95 bits per heavy atom. The third kappa shape index (κ3) is 5.58. The van der Waals surface area contributed by atoms with E-state index in [-0.39, 0.29) is 11.7 Å². The highest BCUT2D eigenvalue weighted by molar-refractivity contribution is 5.76. The molecular formula is C19H26O2. The van der Waals surface area contributed by atoms with Crippen LogP contribution in [-0.2, 0) is 4.79 Å². The molecule has 0 N–H and O–H groups in total. The minimum Gasteiger partial charge on any atom is -0.497 e. The Bertz CT molecular complexity index is 459. The highest BCUT2D eigenvalue weighted by Gasteiger charge is 2.22. The van der Waals surface area contributed by atoms with Gasteiger partial charge >= 0.3 is 0 Å². The Balaban J connectivity index is 2.92. The van der Waals surface area contributed by atoms with E-state index in [1.54, 1.807) is 14.0 Å². The smallest absolute Gasteiger partial charge is 0.130 e. The molecule has 2 heteroatoms. The zero-order valence-electron chi connectivity index (χ0n) is 13.2. The van der Waals surface area contributed by atoms with E-state index in [0.717, 1.165) is 25.0 Å². The fourth-order valence-corrected chi connectivity index (χ4v) is 2.66. The maximum absolute atomic E-state index is 11.6. The number of hydrogen-bond donors (Lipinski definition) is 0. The summed E-state index contributed by atoms with van der Waals surface area (Å²) in [5.41, 5.74) is 1.18. The zero-order valence-corrected chi connectivity index (χ0v) is 13.2. The Hall–Kier alpha value is -1.83. The van der Waals surface area contributed by atoms with Crippen molar-refractivity contribution in [1.29, 1.82) is 0 Å². The molecule has 0 aromatic heterocycles. The lowest BCUT2D eigenvalue weighted by atomic mass is 9.80. The number of methoxy groups -OCH3 is 1. The highest BCUT2D eigenvalue weighted by Crippen LogP contribution is 2.33. The SMILES string of the molecule is C=CCCC[C@H](C=C)[C@H](CC(C)=O)c1ccc(OC)cc1. The van der Waals surface area contributed by atoms with Crippen molar-refractivity contribution in [3.63, 3.8) is 0 Å². The van der Waals surface area contributed by atoms with Gasteiger partial charge in [0.25, 0.3) is 0 Å². The molecule has 2 atom stereocenters.